The van der Waals surface area contributed by atoms with Crippen molar-refractivity contribution in [3.05, 3.63) is 29.8 Å². The van der Waals surface area contributed by atoms with Crippen molar-refractivity contribution in [2.75, 3.05) is 31.1 Å². The molecule has 1 heterocycles. The predicted molar refractivity (Wildman–Crippen MR) is 58.5 cm³/mol. The average Bonchev–Trinajstić information content (AvgIpc) is 2.30. The predicted octanol–water partition coefficient (Wildman–Crippen LogP) is 0.794. The lowest BCUT2D eigenvalue weighted by atomic mass is 10.2. The third kappa shape index (κ3) is 2.27. The zero-order valence-corrected chi connectivity index (χ0v) is 8.44. The molecule has 2 rings (SSSR count). The molecule has 1 aliphatic heterocycles. The monoisotopic (exact) mass is 206 g/mol. The molecule has 0 amide bonds. The van der Waals surface area contributed by atoms with E-state index in [4.69, 9.17) is 5.11 Å². The molecule has 80 valence electrons. The van der Waals surface area contributed by atoms with Crippen LogP contribution in [0.4, 0.5) is 5.69 Å². The van der Waals surface area contributed by atoms with Crippen LogP contribution in [0, 0.1) is 0 Å². The summed E-state index contributed by atoms with van der Waals surface area (Å²) in [5, 5.41) is 12.0. The van der Waals surface area contributed by atoms with Crippen molar-refractivity contribution >= 4 is 11.7 Å². The highest BCUT2D eigenvalue weighted by atomic mass is 16.4. The molecule has 1 aromatic carbocycles. The Morgan fingerprint density at radius 2 is 1.80 bits per heavy atom. The maximum atomic E-state index is 10.7. The van der Waals surface area contributed by atoms with Gasteiger partial charge in [0.2, 0.25) is 0 Å². The van der Waals surface area contributed by atoms with Gasteiger partial charge in [-0.25, -0.2) is 4.79 Å². The maximum absolute atomic E-state index is 10.7. The molecule has 0 aliphatic carbocycles. The Bertz CT molecular complexity index is 342. The fourth-order valence-corrected chi connectivity index (χ4v) is 1.74. The quantitative estimate of drug-likeness (QED) is 0.751. The smallest absolute Gasteiger partial charge is 0.335 e. The molecule has 0 bridgehead atoms. The Balaban J connectivity index is 2.11. The maximum Gasteiger partial charge on any atom is 0.335 e. The van der Waals surface area contributed by atoms with Crippen LogP contribution >= 0.6 is 0 Å². The highest BCUT2D eigenvalue weighted by Crippen LogP contribution is 2.15. The molecule has 4 nitrogen and oxygen atoms in total. The van der Waals surface area contributed by atoms with Crippen molar-refractivity contribution in [1.82, 2.24) is 5.32 Å². The van der Waals surface area contributed by atoms with Crippen molar-refractivity contribution < 1.29 is 9.90 Å². The highest BCUT2D eigenvalue weighted by Gasteiger charge is 2.10. The molecule has 4 heteroatoms. The van der Waals surface area contributed by atoms with E-state index in [0.29, 0.717) is 5.56 Å². The lowest BCUT2D eigenvalue weighted by Gasteiger charge is -2.29. The number of nitrogens with one attached hydrogen (secondary N) is 1. The number of rotatable bonds is 2. The second-order valence-electron chi connectivity index (χ2n) is 3.59. The van der Waals surface area contributed by atoms with Gasteiger partial charge in [0, 0.05) is 31.9 Å². The number of carboxylic acids is 1. The van der Waals surface area contributed by atoms with E-state index in [0.717, 1.165) is 31.9 Å². The van der Waals surface area contributed by atoms with Crippen molar-refractivity contribution in [3.63, 3.8) is 0 Å². The summed E-state index contributed by atoms with van der Waals surface area (Å²) < 4.78 is 0. The van der Waals surface area contributed by atoms with Gasteiger partial charge in [-0.2, -0.15) is 0 Å². The van der Waals surface area contributed by atoms with Gasteiger partial charge in [-0.1, -0.05) is 0 Å². The summed E-state index contributed by atoms with van der Waals surface area (Å²) in [6.07, 6.45) is 0. The standard InChI is InChI=1S/C11H14N2O2/c14-11(15)9-1-3-10(4-2-9)13-7-5-12-6-8-13/h1-4,12H,5-8H2,(H,14,15). The molecule has 1 saturated heterocycles. The average molecular weight is 206 g/mol. The number of carbonyl (C=O) groups is 1. The summed E-state index contributed by atoms with van der Waals surface area (Å²) in [5.74, 6) is -0.873. The first-order valence-corrected chi connectivity index (χ1v) is 5.06. The molecule has 2 N–H and O–H groups in total. The van der Waals surface area contributed by atoms with E-state index in [-0.39, 0.29) is 0 Å². The molecule has 15 heavy (non-hydrogen) atoms. The second-order valence-corrected chi connectivity index (χ2v) is 3.59. The van der Waals surface area contributed by atoms with Crippen LogP contribution < -0.4 is 10.2 Å². The minimum absolute atomic E-state index is 0.342. The molecule has 0 aromatic heterocycles. The molecule has 0 saturated carbocycles. The minimum Gasteiger partial charge on any atom is -0.478 e. The summed E-state index contributed by atoms with van der Waals surface area (Å²) in [6.45, 7) is 3.93. The summed E-state index contributed by atoms with van der Waals surface area (Å²) in [4.78, 5) is 12.9. The summed E-state index contributed by atoms with van der Waals surface area (Å²) in [7, 11) is 0. The van der Waals surface area contributed by atoms with Crippen molar-refractivity contribution in [3.8, 4) is 0 Å². The number of anilines is 1. The molecule has 0 unspecified atom stereocenters. The van der Waals surface area contributed by atoms with Crippen molar-refractivity contribution in [2.45, 2.75) is 0 Å². The van der Waals surface area contributed by atoms with Crippen LogP contribution in [0.5, 0.6) is 0 Å². The Morgan fingerprint density at radius 3 is 2.33 bits per heavy atom. The van der Waals surface area contributed by atoms with E-state index >= 15 is 0 Å². The van der Waals surface area contributed by atoms with E-state index in [1.165, 1.54) is 0 Å². The Morgan fingerprint density at radius 1 is 1.20 bits per heavy atom. The number of benzene rings is 1. The van der Waals surface area contributed by atoms with E-state index in [1.54, 1.807) is 12.1 Å². The lowest BCUT2D eigenvalue weighted by molar-refractivity contribution is 0.0697. The number of aromatic carboxylic acids is 1. The van der Waals surface area contributed by atoms with Crippen LogP contribution in [-0.4, -0.2) is 37.3 Å². The second kappa shape index (κ2) is 4.31. The third-order valence-corrected chi connectivity index (χ3v) is 2.60. The van der Waals surface area contributed by atoms with Gasteiger partial charge in [-0.15, -0.1) is 0 Å². The van der Waals surface area contributed by atoms with Crippen LogP contribution in [0.3, 0.4) is 0 Å². The molecule has 0 spiro atoms. The third-order valence-electron chi connectivity index (χ3n) is 2.60. The van der Waals surface area contributed by atoms with Crippen LogP contribution in [0.15, 0.2) is 24.3 Å². The van der Waals surface area contributed by atoms with Crippen LogP contribution in [0.25, 0.3) is 0 Å². The first-order valence-electron chi connectivity index (χ1n) is 5.06. The van der Waals surface area contributed by atoms with E-state index in [2.05, 4.69) is 10.2 Å². The molecular weight excluding hydrogens is 192 g/mol. The largest absolute Gasteiger partial charge is 0.478 e. The molecule has 1 aromatic rings. The lowest BCUT2D eigenvalue weighted by Crippen LogP contribution is -2.43. The minimum atomic E-state index is -0.873. The first kappa shape index (κ1) is 9.98. The Labute approximate surface area is 88.5 Å². The van der Waals surface area contributed by atoms with E-state index < -0.39 is 5.97 Å². The number of hydrogen-bond acceptors (Lipinski definition) is 3. The van der Waals surface area contributed by atoms with Gasteiger partial charge in [0.1, 0.15) is 0 Å². The van der Waals surface area contributed by atoms with Crippen molar-refractivity contribution in [2.24, 2.45) is 0 Å². The summed E-state index contributed by atoms with van der Waals surface area (Å²) >= 11 is 0. The zero-order valence-electron chi connectivity index (χ0n) is 8.44. The number of carboxylic acid groups (broad SMARTS) is 1. The molecule has 0 atom stereocenters. The topological polar surface area (TPSA) is 52.6 Å². The van der Waals surface area contributed by atoms with Gasteiger partial charge in [-0.05, 0) is 24.3 Å². The Hall–Kier alpha value is -1.55. The van der Waals surface area contributed by atoms with Crippen molar-refractivity contribution in [1.29, 1.82) is 0 Å². The van der Waals surface area contributed by atoms with Crippen LogP contribution in [-0.2, 0) is 0 Å². The van der Waals surface area contributed by atoms with Crippen LogP contribution in [0.1, 0.15) is 10.4 Å². The zero-order chi connectivity index (χ0) is 10.7. The van der Waals surface area contributed by atoms with Gasteiger partial charge in [-0.3, -0.25) is 0 Å². The van der Waals surface area contributed by atoms with Gasteiger partial charge in [0.25, 0.3) is 0 Å². The first-order chi connectivity index (χ1) is 7.27. The molecule has 1 fully saturated rings. The fraction of sp³-hybridized carbons (Fsp3) is 0.364. The van der Waals surface area contributed by atoms with E-state index in [1.807, 2.05) is 12.1 Å². The number of hydrogen-bond donors (Lipinski definition) is 2. The van der Waals surface area contributed by atoms with Gasteiger partial charge < -0.3 is 15.3 Å². The Kier molecular flexibility index (Phi) is 2.87. The number of piperazine rings is 1. The number of nitrogens with zero attached hydrogens (tertiary/aromatic N) is 1. The summed E-state index contributed by atoms with van der Waals surface area (Å²) in [5.41, 5.74) is 1.44. The normalized spacial score (nSPS) is 16.4. The molecular formula is C11H14N2O2. The highest BCUT2D eigenvalue weighted by molar-refractivity contribution is 5.88. The molecule has 0 radical (unpaired) electrons. The fourth-order valence-electron chi connectivity index (χ4n) is 1.74. The molecule has 1 aliphatic rings. The van der Waals surface area contributed by atoms with Gasteiger partial charge in [0.05, 0.1) is 5.56 Å². The SMILES string of the molecule is O=C(O)c1ccc(N2CCNCC2)cc1. The van der Waals surface area contributed by atoms with Gasteiger partial charge >= 0.3 is 5.97 Å². The van der Waals surface area contributed by atoms with E-state index in [9.17, 15) is 4.79 Å². The van der Waals surface area contributed by atoms with Gasteiger partial charge in [0.15, 0.2) is 0 Å². The summed E-state index contributed by atoms with van der Waals surface area (Å²) in [6, 6.07) is 7.04. The van der Waals surface area contributed by atoms with Crippen LogP contribution in [0.2, 0.25) is 0 Å².